The van der Waals surface area contributed by atoms with Crippen LogP contribution >= 0.6 is 0 Å². The minimum Gasteiger partial charge on any atom is -0.480 e. The average Bonchev–Trinajstić information content (AvgIpc) is 2.14. The molecule has 0 aliphatic rings. The van der Waals surface area contributed by atoms with Crippen molar-refractivity contribution in [1.29, 1.82) is 0 Å². The zero-order valence-electron chi connectivity index (χ0n) is 10.5. The summed E-state index contributed by atoms with van der Waals surface area (Å²) >= 11 is 0. The Bertz CT molecular complexity index is 262. The second-order valence-electron chi connectivity index (χ2n) is 4.74. The maximum Gasteiger partial charge on any atom is 0.323 e. The molecule has 1 unspecified atom stereocenters. The fourth-order valence-corrected chi connectivity index (χ4v) is 1.34. The van der Waals surface area contributed by atoms with Gasteiger partial charge in [0.2, 0.25) is 5.91 Å². The van der Waals surface area contributed by atoms with E-state index in [1.165, 1.54) is 4.90 Å². The molecular formula is C11H22N2O3. The maximum absolute atomic E-state index is 12.0. The number of carbonyl (C=O) groups is 2. The van der Waals surface area contributed by atoms with Crippen molar-refractivity contribution in [2.24, 2.45) is 11.7 Å². The van der Waals surface area contributed by atoms with E-state index in [9.17, 15) is 9.59 Å². The Morgan fingerprint density at radius 3 is 2.25 bits per heavy atom. The molecule has 16 heavy (non-hydrogen) atoms. The summed E-state index contributed by atoms with van der Waals surface area (Å²) in [6.45, 7) is 7.43. The summed E-state index contributed by atoms with van der Waals surface area (Å²) in [7, 11) is 0. The number of nitrogens with zero attached hydrogens (tertiary/aromatic N) is 1. The molecule has 5 nitrogen and oxygen atoms in total. The van der Waals surface area contributed by atoms with E-state index in [1.807, 2.05) is 20.8 Å². The van der Waals surface area contributed by atoms with Gasteiger partial charge in [-0.15, -0.1) is 0 Å². The van der Waals surface area contributed by atoms with Gasteiger partial charge in [0.15, 0.2) is 0 Å². The van der Waals surface area contributed by atoms with E-state index in [2.05, 4.69) is 0 Å². The third-order valence-corrected chi connectivity index (χ3v) is 2.42. The van der Waals surface area contributed by atoms with Gasteiger partial charge in [0.05, 0.1) is 5.54 Å². The monoisotopic (exact) mass is 230 g/mol. The van der Waals surface area contributed by atoms with Crippen LogP contribution in [0.15, 0.2) is 0 Å². The van der Waals surface area contributed by atoms with Gasteiger partial charge in [-0.3, -0.25) is 9.59 Å². The van der Waals surface area contributed by atoms with Crippen LogP contribution in [0.5, 0.6) is 0 Å². The highest BCUT2D eigenvalue weighted by Crippen LogP contribution is 2.11. The van der Waals surface area contributed by atoms with Crippen molar-refractivity contribution >= 4 is 11.9 Å². The molecular weight excluding hydrogens is 208 g/mol. The minimum atomic E-state index is -1.01. The second kappa shape index (κ2) is 5.84. The fraction of sp³-hybridized carbons (Fsp3) is 0.818. The van der Waals surface area contributed by atoms with Crippen LogP contribution in [0.1, 0.15) is 34.1 Å². The van der Waals surface area contributed by atoms with Crippen molar-refractivity contribution < 1.29 is 14.7 Å². The van der Waals surface area contributed by atoms with Crippen LogP contribution in [-0.4, -0.2) is 40.5 Å². The van der Waals surface area contributed by atoms with Crippen LogP contribution < -0.4 is 5.73 Å². The van der Waals surface area contributed by atoms with Gasteiger partial charge in [0.25, 0.3) is 0 Å². The summed E-state index contributed by atoms with van der Waals surface area (Å²) in [5.41, 5.74) is 4.85. The van der Waals surface area contributed by atoms with Crippen molar-refractivity contribution in [3.05, 3.63) is 0 Å². The number of rotatable bonds is 6. The topological polar surface area (TPSA) is 83.6 Å². The van der Waals surface area contributed by atoms with E-state index in [1.54, 1.807) is 6.92 Å². The number of carboxylic acid groups (broad SMARTS) is 1. The number of carboxylic acids is 1. The van der Waals surface area contributed by atoms with Crippen molar-refractivity contribution in [2.45, 2.75) is 39.7 Å². The first-order valence-electron chi connectivity index (χ1n) is 5.50. The third kappa shape index (κ3) is 4.61. The molecule has 0 aromatic heterocycles. The zero-order chi connectivity index (χ0) is 12.9. The fourth-order valence-electron chi connectivity index (χ4n) is 1.34. The molecule has 0 saturated heterocycles. The molecule has 94 valence electrons. The smallest absolute Gasteiger partial charge is 0.323 e. The van der Waals surface area contributed by atoms with E-state index in [-0.39, 0.29) is 18.4 Å². The first-order chi connectivity index (χ1) is 7.20. The molecule has 0 aromatic rings. The lowest BCUT2D eigenvalue weighted by molar-refractivity contribution is -0.147. The SMILES string of the molecule is CCC(C)(N)C(=O)N(CC(=O)O)CC(C)C. The number of hydrogen-bond acceptors (Lipinski definition) is 3. The van der Waals surface area contributed by atoms with Crippen molar-refractivity contribution in [3.8, 4) is 0 Å². The summed E-state index contributed by atoms with van der Waals surface area (Å²) in [5.74, 6) is -1.09. The van der Waals surface area contributed by atoms with Crippen molar-refractivity contribution in [2.75, 3.05) is 13.1 Å². The molecule has 0 spiro atoms. The maximum atomic E-state index is 12.0. The van der Waals surface area contributed by atoms with Crippen LogP contribution in [0.2, 0.25) is 0 Å². The van der Waals surface area contributed by atoms with Crippen LogP contribution in [0.25, 0.3) is 0 Å². The number of hydrogen-bond donors (Lipinski definition) is 2. The molecule has 0 aromatic carbocycles. The molecule has 0 rings (SSSR count). The minimum absolute atomic E-state index is 0.218. The van der Waals surface area contributed by atoms with E-state index in [4.69, 9.17) is 10.8 Å². The van der Waals surface area contributed by atoms with Gasteiger partial charge in [-0.2, -0.15) is 0 Å². The number of aliphatic carboxylic acids is 1. The van der Waals surface area contributed by atoms with Gasteiger partial charge in [-0.05, 0) is 19.3 Å². The first kappa shape index (κ1) is 14.9. The van der Waals surface area contributed by atoms with E-state index in [0.29, 0.717) is 13.0 Å². The zero-order valence-corrected chi connectivity index (χ0v) is 10.5. The van der Waals surface area contributed by atoms with Gasteiger partial charge in [-0.1, -0.05) is 20.8 Å². The molecule has 3 N–H and O–H groups in total. The van der Waals surface area contributed by atoms with Crippen LogP contribution in [-0.2, 0) is 9.59 Å². The van der Waals surface area contributed by atoms with Gasteiger partial charge < -0.3 is 15.7 Å². The molecule has 1 atom stereocenters. The Morgan fingerprint density at radius 1 is 1.44 bits per heavy atom. The predicted octanol–water partition coefficient (Wildman–Crippen LogP) is 0.683. The Labute approximate surface area is 96.6 Å². The molecule has 0 radical (unpaired) electrons. The van der Waals surface area contributed by atoms with Gasteiger partial charge in [0, 0.05) is 6.54 Å². The molecule has 0 bridgehead atoms. The normalized spacial score (nSPS) is 14.6. The lowest BCUT2D eigenvalue weighted by atomic mass is 9.98. The average molecular weight is 230 g/mol. The highest BCUT2D eigenvalue weighted by molar-refractivity contribution is 5.88. The van der Waals surface area contributed by atoms with Crippen molar-refractivity contribution in [3.63, 3.8) is 0 Å². The largest absolute Gasteiger partial charge is 0.480 e. The number of carbonyl (C=O) groups excluding carboxylic acids is 1. The Morgan fingerprint density at radius 2 is 1.94 bits per heavy atom. The van der Waals surface area contributed by atoms with Gasteiger partial charge in [0.1, 0.15) is 6.54 Å². The Kier molecular flexibility index (Phi) is 5.44. The summed E-state index contributed by atoms with van der Waals surface area (Å²) in [6.07, 6.45) is 0.486. The van der Waals surface area contributed by atoms with Crippen molar-refractivity contribution in [1.82, 2.24) is 4.90 Å². The van der Waals surface area contributed by atoms with Crippen LogP contribution in [0, 0.1) is 5.92 Å². The summed E-state index contributed by atoms with van der Waals surface area (Å²) in [5, 5.41) is 8.75. The summed E-state index contributed by atoms with van der Waals surface area (Å²) in [6, 6.07) is 0. The van der Waals surface area contributed by atoms with E-state index >= 15 is 0 Å². The van der Waals surface area contributed by atoms with E-state index < -0.39 is 11.5 Å². The van der Waals surface area contributed by atoms with Crippen LogP contribution in [0.3, 0.4) is 0 Å². The highest BCUT2D eigenvalue weighted by Gasteiger charge is 2.32. The molecule has 0 saturated carbocycles. The molecule has 0 fully saturated rings. The molecule has 0 aliphatic heterocycles. The molecule has 5 heteroatoms. The van der Waals surface area contributed by atoms with Crippen LogP contribution in [0.4, 0.5) is 0 Å². The Balaban J connectivity index is 4.75. The standard InChI is InChI=1S/C11H22N2O3/c1-5-11(4,12)10(16)13(6-8(2)3)7-9(14)15/h8H,5-7,12H2,1-4H3,(H,14,15). The molecule has 1 amide bonds. The lowest BCUT2D eigenvalue weighted by Gasteiger charge is -2.31. The van der Waals surface area contributed by atoms with E-state index in [0.717, 1.165) is 0 Å². The third-order valence-electron chi connectivity index (χ3n) is 2.42. The summed E-state index contributed by atoms with van der Waals surface area (Å²) < 4.78 is 0. The van der Waals surface area contributed by atoms with Gasteiger partial charge in [-0.25, -0.2) is 0 Å². The molecule has 0 heterocycles. The van der Waals surface area contributed by atoms with Gasteiger partial charge >= 0.3 is 5.97 Å². The number of amides is 1. The predicted molar refractivity (Wildman–Crippen MR) is 61.9 cm³/mol. The second-order valence-corrected chi connectivity index (χ2v) is 4.74. The quantitative estimate of drug-likeness (QED) is 0.703. The summed E-state index contributed by atoms with van der Waals surface area (Å²) in [4.78, 5) is 24.0. The lowest BCUT2D eigenvalue weighted by Crippen LogP contribution is -2.54. The number of nitrogens with two attached hydrogens (primary N) is 1. The highest BCUT2D eigenvalue weighted by atomic mass is 16.4. The Hall–Kier alpha value is -1.10. The molecule has 0 aliphatic carbocycles. The first-order valence-corrected chi connectivity index (χ1v) is 5.50.